The summed E-state index contributed by atoms with van der Waals surface area (Å²) in [7, 11) is 0. The summed E-state index contributed by atoms with van der Waals surface area (Å²) in [6.07, 6.45) is 2.55. The smallest absolute Gasteiger partial charge is 0.0836 e. The maximum Gasteiger partial charge on any atom is 0.0836 e. The van der Waals surface area contributed by atoms with Crippen LogP contribution < -0.4 is 0 Å². The summed E-state index contributed by atoms with van der Waals surface area (Å²) in [6, 6.07) is 0.194. The van der Waals surface area contributed by atoms with E-state index in [1.165, 1.54) is 0 Å². The van der Waals surface area contributed by atoms with E-state index in [2.05, 4.69) is 22.4 Å². The van der Waals surface area contributed by atoms with Crippen LogP contribution in [-0.2, 0) is 4.74 Å². The first kappa shape index (κ1) is 7.86. The van der Waals surface area contributed by atoms with Crippen molar-refractivity contribution in [1.82, 2.24) is 0 Å². The molecule has 1 rings (SSSR count). The van der Waals surface area contributed by atoms with Crippen molar-refractivity contribution in [2.75, 3.05) is 6.61 Å². The average Bonchev–Trinajstić information content (AvgIpc) is 2.38. The zero-order chi connectivity index (χ0) is 7.40. The molecule has 1 saturated heterocycles. The molecule has 0 bridgehead atoms. The molecular weight excluding hydrogens is 146 g/mol. The number of ether oxygens (including phenoxy) is 1. The van der Waals surface area contributed by atoms with E-state index in [9.17, 15) is 0 Å². The molecule has 56 valence electrons. The molecule has 1 unspecified atom stereocenters. The molecule has 1 aliphatic rings. The minimum atomic E-state index is 0.194. The van der Waals surface area contributed by atoms with Crippen LogP contribution in [0.15, 0.2) is 4.99 Å². The topological polar surface area (TPSA) is 21.6 Å². The lowest BCUT2D eigenvalue weighted by Gasteiger charge is -2.11. The first-order valence-electron chi connectivity index (χ1n) is 3.53. The molecule has 10 heavy (non-hydrogen) atoms. The van der Waals surface area contributed by atoms with Gasteiger partial charge in [-0.1, -0.05) is 0 Å². The molecule has 0 aliphatic carbocycles. The molecule has 0 aromatic rings. The average molecular weight is 157 g/mol. The Kier molecular flexibility index (Phi) is 3.00. The highest BCUT2D eigenvalue weighted by Gasteiger charge is 2.21. The summed E-state index contributed by atoms with van der Waals surface area (Å²) in [6.45, 7) is 2.89. The van der Waals surface area contributed by atoms with Crippen molar-refractivity contribution in [3.05, 3.63) is 0 Å². The van der Waals surface area contributed by atoms with Gasteiger partial charge in [-0.2, -0.15) is 0 Å². The second kappa shape index (κ2) is 3.81. The van der Waals surface area contributed by atoms with Crippen LogP contribution in [0.4, 0.5) is 0 Å². The molecular formula is C7H11NOS. The number of aliphatic imine (C=N–C) groups is 1. The van der Waals surface area contributed by atoms with E-state index in [0.29, 0.717) is 0 Å². The quantitative estimate of drug-likeness (QED) is 0.449. The second-order valence-corrected chi connectivity index (χ2v) is 2.70. The lowest BCUT2D eigenvalue weighted by molar-refractivity contribution is 0.0955. The maximum absolute atomic E-state index is 5.39. The third-order valence-electron chi connectivity index (χ3n) is 1.76. The molecule has 1 fully saturated rings. The summed E-state index contributed by atoms with van der Waals surface area (Å²) in [5.74, 6) is 0. The van der Waals surface area contributed by atoms with Gasteiger partial charge in [-0.15, -0.1) is 0 Å². The molecule has 0 radical (unpaired) electrons. The molecule has 2 atom stereocenters. The molecule has 0 aromatic heterocycles. The third kappa shape index (κ3) is 1.87. The fourth-order valence-corrected chi connectivity index (χ4v) is 1.32. The molecule has 0 saturated carbocycles. The Hall–Kier alpha value is -0.240. The van der Waals surface area contributed by atoms with Crippen LogP contribution >= 0.6 is 12.2 Å². The Balaban J connectivity index is 2.39. The normalized spacial score (nSPS) is 27.5. The summed E-state index contributed by atoms with van der Waals surface area (Å²) >= 11 is 4.49. The van der Waals surface area contributed by atoms with Gasteiger partial charge < -0.3 is 4.74 Å². The van der Waals surface area contributed by atoms with Gasteiger partial charge in [0.25, 0.3) is 0 Å². The SMILES string of the molecule is C[C@H](N=C=S)C1CCCO1. The van der Waals surface area contributed by atoms with Gasteiger partial charge in [0, 0.05) is 6.61 Å². The number of rotatable bonds is 2. The van der Waals surface area contributed by atoms with Crippen LogP contribution in [0.5, 0.6) is 0 Å². The van der Waals surface area contributed by atoms with Crippen LogP contribution in [-0.4, -0.2) is 23.9 Å². The Labute approximate surface area is 66.3 Å². The first-order valence-corrected chi connectivity index (χ1v) is 3.94. The van der Waals surface area contributed by atoms with Gasteiger partial charge in [-0.05, 0) is 32.0 Å². The maximum atomic E-state index is 5.39. The highest BCUT2D eigenvalue weighted by molar-refractivity contribution is 7.78. The summed E-state index contributed by atoms with van der Waals surface area (Å²) in [5.41, 5.74) is 0. The number of hydrogen-bond acceptors (Lipinski definition) is 3. The van der Waals surface area contributed by atoms with Gasteiger partial charge in [0.2, 0.25) is 0 Å². The summed E-state index contributed by atoms with van der Waals surface area (Å²) in [5, 5.41) is 2.37. The van der Waals surface area contributed by atoms with Crippen LogP contribution in [0, 0.1) is 0 Å². The highest BCUT2D eigenvalue weighted by Crippen LogP contribution is 2.16. The minimum absolute atomic E-state index is 0.194. The van der Waals surface area contributed by atoms with Crippen LogP contribution in [0.25, 0.3) is 0 Å². The molecule has 0 spiro atoms. The molecule has 3 heteroatoms. The van der Waals surface area contributed by atoms with Crippen molar-refractivity contribution in [3.8, 4) is 0 Å². The second-order valence-electron chi connectivity index (χ2n) is 2.51. The Morgan fingerprint density at radius 2 is 2.60 bits per heavy atom. The van der Waals surface area contributed by atoms with Crippen LogP contribution in [0.3, 0.4) is 0 Å². The predicted octanol–water partition coefficient (Wildman–Crippen LogP) is 1.66. The molecule has 1 heterocycles. The largest absolute Gasteiger partial charge is 0.376 e. The van der Waals surface area contributed by atoms with E-state index in [4.69, 9.17) is 4.74 Å². The monoisotopic (exact) mass is 157 g/mol. The molecule has 0 amide bonds. The van der Waals surface area contributed by atoms with Crippen molar-refractivity contribution in [2.24, 2.45) is 4.99 Å². The van der Waals surface area contributed by atoms with E-state index < -0.39 is 0 Å². The van der Waals surface area contributed by atoms with Crippen molar-refractivity contribution in [1.29, 1.82) is 0 Å². The van der Waals surface area contributed by atoms with Gasteiger partial charge in [0.1, 0.15) is 0 Å². The van der Waals surface area contributed by atoms with Gasteiger partial charge in [0.15, 0.2) is 0 Å². The first-order chi connectivity index (χ1) is 4.84. The van der Waals surface area contributed by atoms with E-state index >= 15 is 0 Å². The number of nitrogens with zero attached hydrogens (tertiary/aromatic N) is 1. The lowest BCUT2D eigenvalue weighted by atomic mass is 10.1. The lowest BCUT2D eigenvalue weighted by Crippen LogP contribution is -2.19. The standard InChI is InChI=1S/C7H11NOS/c1-6(8-5-10)7-3-2-4-9-7/h6-7H,2-4H2,1H3/t6-,7?/m0/s1. The summed E-state index contributed by atoms with van der Waals surface area (Å²) < 4.78 is 5.39. The Morgan fingerprint density at radius 3 is 3.10 bits per heavy atom. The van der Waals surface area contributed by atoms with E-state index in [1.807, 2.05) is 6.92 Å². The molecule has 2 nitrogen and oxygen atoms in total. The van der Waals surface area contributed by atoms with E-state index in [0.717, 1.165) is 19.4 Å². The zero-order valence-electron chi connectivity index (χ0n) is 6.04. The van der Waals surface area contributed by atoms with Crippen molar-refractivity contribution >= 4 is 17.4 Å². The van der Waals surface area contributed by atoms with Crippen LogP contribution in [0.2, 0.25) is 0 Å². The third-order valence-corrected chi connectivity index (χ3v) is 1.86. The van der Waals surface area contributed by atoms with Crippen molar-refractivity contribution in [2.45, 2.75) is 31.9 Å². The highest BCUT2D eigenvalue weighted by atomic mass is 32.1. The fourth-order valence-electron chi connectivity index (χ4n) is 1.15. The Bertz CT molecular complexity index is 148. The van der Waals surface area contributed by atoms with E-state index in [-0.39, 0.29) is 12.1 Å². The van der Waals surface area contributed by atoms with Crippen molar-refractivity contribution < 1.29 is 4.74 Å². The fraction of sp³-hybridized carbons (Fsp3) is 0.857. The number of hydrogen-bond donors (Lipinski definition) is 0. The predicted molar refractivity (Wildman–Crippen MR) is 43.5 cm³/mol. The number of isothiocyanates is 1. The molecule has 0 aromatic carbocycles. The summed E-state index contributed by atoms with van der Waals surface area (Å²) in [4.78, 5) is 3.95. The van der Waals surface area contributed by atoms with Gasteiger partial charge in [-0.3, -0.25) is 0 Å². The Morgan fingerprint density at radius 1 is 1.80 bits per heavy atom. The van der Waals surface area contributed by atoms with Crippen LogP contribution in [0.1, 0.15) is 19.8 Å². The number of thiocarbonyl (C=S) groups is 1. The van der Waals surface area contributed by atoms with E-state index in [1.54, 1.807) is 0 Å². The minimum Gasteiger partial charge on any atom is -0.376 e. The molecule has 1 aliphatic heterocycles. The van der Waals surface area contributed by atoms with Gasteiger partial charge >= 0.3 is 0 Å². The molecule has 0 N–H and O–H groups in total. The van der Waals surface area contributed by atoms with Gasteiger partial charge in [0.05, 0.1) is 17.3 Å². The zero-order valence-corrected chi connectivity index (χ0v) is 6.86. The van der Waals surface area contributed by atoms with Crippen molar-refractivity contribution in [3.63, 3.8) is 0 Å². The van der Waals surface area contributed by atoms with Gasteiger partial charge in [-0.25, -0.2) is 4.99 Å².